The number of rotatable bonds is 5. The van der Waals surface area contributed by atoms with E-state index in [1.54, 1.807) is 24.4 Å². The number of thiazole rings is 1. The number of nitrogen functional groups attached to an aromatic ring is 2. The number of piperazine rings is 1. The van der Waals surface area contributed by atoms with Crippen LogP contribution >= 0.6 is 22.9 Å². The van der Waals surface area contributed by atoms with Crippen LogP contribution in [0.15, 0.2) is 36.5 Å². The van der Waals surface area contributed by atoms with Crippen LogP contribution in [0.3, 0.4) is 0 Å². The number of benzene rings is 2. The predicted octanol–water partition coefficient (Wildman–Crippen LogP) is 4.92. The molecule has 2 aliphatic heterocycles. The molecule has 0 spiro atoms. The van der Waals surface area contributed by atoms with Crippen molar-refractivity contribution in [2.24, 2.45) is 0 Å². The van der Waals surface area contributed by atoms with E-state index in [1.165, 1.54) is 12.1 Å². The van der Waals surface area contributed by atoms with Crippen LogP contribution in [0.2, 0.25) is 5.02 Å². The van der Waals surface area contributed by atoms with Crippen LogP contribution in [0, 0.1) is 11.6 Å². The van der Waals surface area contributed by atoms with Crippen LogP contribution in [0.4, 0.5) is 25.5 Å². The predicted molar refractivity (Wildman–Crippen MR) is 153 cm³/mol. The van der Waals surface area contributed by atoms with Crippen molar-refractivity contribution in [2.75, 3.05) is 29.5 Å². The lowest BCUT2D eigenvalue weighted by Crippen LogP contribution is -2.51. The molecule has 0 aliphatic carbocycles. The van der Waals surface area contributed by atoms with Crippen molar-refractivity contribution in [3.8, 4) is 17.1 Å². The fourth-order valence-corrected chi connectivity index (χ4v) is 6.65. The molecule has 0 amide bonds. The van der Waals surface area contributed by atoms with E-state index in [-0.39, 0.29) is 44.1 Å². The maximum atomic E-state index is 16.5. The highest BCUT2D eigenvalue weighted by Gasteiger charge is 2.34. The average Bonchev–Trinajstić information content (AvgIpc) is 3.50. The Balaban J connectivity index is 1.40. The Morgan fingerprint density at radius 1 is 1.07 bits per heavy atom. The molecule has 2 aliphatic rings. The first-order valence-electron chi connectivity index (χ1n) is 12.7. The summed E-state index contributed by atoms with van der Waals surface area (Å²) in [5, 5.41) is 4.35. The van der Waals surface area contributed by atoms with E-state index >= 15 is 4.39 Å². The number of pyridine rings is 1. The van der Waals surface area contributed by atoms with E-state index in [0.29, 0.717) is 53.3 Å². The van der Waals surface area contributed by atoms with Crippen molar-refractivity contribution in [1.82, 2.24) is 25.3 Å². The van der Waals surface area contributed by atoms with Gasteiger partial charge in [0.1, 0.15) is 29.6 Å². The van der Waals surface area contributed by atoms with Gasteiger partial charge in [0.2, 0.25) is 0 Å². The molecule has 0 saturated carbocycles. The summed E-state index contributed by atoms with van der Waals surface area (Å²) in [5.41, 5.74) is 13.1. The third-order valence-corrected chi connectivity index (χ3v) is 8.61. The molecular weight excluding hydrogens is 558 g/mol. The number of halogens is 3. The third kappa shape index (κ3) is 4.23. The van der Waals surface area contributed by atoms with Gasteiger partial charge in [-0.25, -0.2) is 18.7 Å². The molecule has 2 unspecified atom stereocenters. The van der Waals surface area contributed by atoms with Crippen molar-refractivity contribution in [3.05, 3.63) is 58.7 Å². The number of ether oxygens (including phenoxy) is 1. The minimum atomic E-state index is -0.686. The van der Waals surface area contributed by atoms with E-state index in [9.17, 15) is 4.39 Å². The van der Waals surface area contributed by atoms with E-state index < -0.39 is 11.6 Å². The van der Waals surface area contributed by atoms with Crippen molar-refractivity contribution in [1.29, 1.82) is 0 Å². The van der Waals surface area contributed by atoms with Gasteiger partial charge in [-0.2, -0.15) is 9.97 Å². The van der Waals surface area contributed by atoms with Crippen LogP contribution in [-0.2, 0) is 6.61 Å². The molecule has 204 valence electrons. The maximum Gasteiger partial charge on any atom is 0.319 e. The molecule has 7 rings (SSSR count). The van der Waals surface area contributed by atoms with Gasteiger partial charge in [0, 0.05) is 53.4 Å². The van der Waals surface area contributed by atoms with E-state index in [1.807, 2.05) is 0 Å². The van der Waals surface area contributed by atoms with Gasteiger partial charge in [0.05, 0.1) is 15.2 Å². The Hall–Kier alpha value is -3.87. The molecule has 13 heteroatoms. The lowest BCUT2D eigenvalue weighted by Gasteiger charge is -2.34. The topological polar surface area (TPSA) is 128 Å². The summed E-state index contributed by atoms with van der Waals surface area (Å²) in [6, 6.07) is 8.51. The molecular formula is C27H23ClF2N8OS. The molecule has 5 aromatic rings. The minimum absolute atomic E-state index is 0.00837. The summed E-state index contributed by atoms with van der Waals surface area (Å²) in [7, 11) is 0. The molecule has 40 heavy (non-hydrogen) atoms. The van der Waals surface area contributed by atoms with Crippen LogP contribution in [0.5, 0.6) is 6.01 Å². The molecule has 2 fully saturated rings. The normalized spacial score (nSPS) is 18.6. The van der Waals surface area contributed by atoms with Gasteiger partial charge >= 0.3 is 6.01 Å². The molecule has 2 aromatic carbocycles. The fourth-order valence-electron chi connectivity index (χ4n) is 5.59. The Morgan fingerprint density at radius 2 is 1.88 bits per heavy atom. The summed E-state index contributed by atoms with van der Waals surface area (Å²) in [5.74, 6) is -0.319. The lowest BCUT2D eigenvalue weighted by atomic mass is 10.0. The lowest BCUT2D eigenvalue weighted by molar-refractivity contribution is 0.282. The second-order valence-corrected chi connectivity index (χ2v) is 11.4. The zero-order valence-corrected chi connectivity index (χ0v) is 22.6. The van der Waals surface area contributed by atoms with Gasteiger partial charge in [-0.3, -0.25) is 0 Å². The quantitative estimate of drug-likeness (QED) is 0.265. The second-order valence-electron chi connectivity index (χ2n) is 9.98. The molecule has 2 bridgehead atoms. The molecule has 2 saturated heterocycles. The smallest absolute Gasteiger partial charge is 0.319 e. The summed E-state index contributed by atoms with van der Waals surface area (Å²) in [4.78, 5) is 19.7. The highest BCUT2D eigenvalue weighted by Crippen LogP contribution is 2.43. The second kappa shape index (κ2) is 9.65. The number of nitrogens with one attached hydrogen (secondary N) is 1. The number of nitrogens with zero attached hydrogens (tertiary/aromatic N) is 5. The number of hydrogen-bond acceptors (Lipinski definition) is 10. The summed E-state index contributed by atoms with van der Waals surface area (Å²) < 4.78 is 37.2. The molecule has 5 heterocycles. The molecule has 3 aromatic heterocycles. The first kappa shape index (κ1) is 25.1. The number of hydrogen-bond donors (Lipinski definition) is 3. The van der Waals surface area contributed by atoms with Gasteiger partial charge < -0.3 is 26.4 Å². The van der Waals surface area contributed by atoms with E-state index in [2.05, 4.69) is 25.2 Å². The van der Waals surface area contributed by atoms with Crippen molar-refractivity contribution in [2.45, 2.75) is 31.5 Å². The molecule has 0 radical (unpaired) electrons. The highest BCUT2D eigenvalue weighted by molar-refractivity contribution is 7.22. The third-order valence-electron chi connectivity index (χ3n) is 7.42. The number of anilines is 3. The van der Waals surface area contributed by atoms with Gasteiger partial charge in [0.25, 0.3) is 0 Å². The minimum Gasteiger partial charge on any atom is -0.458 e. The standard InChI is InChI=1S/C27H23ClF2N8OS/c28-17-8-16-21(20(30)19(17)15-5-6-18(29)23-22(15)35-26(32)40-23)36-27(39-11-12-2-1-7-33-24(12)31)37-25(16)38-9-13-3-4-14(10-38)34-13/h1-2,5-8,13-14,34H,3-4,9-11H2,(H2,31,33)(H2,32,35). The number of aromatic nitrogens is 4. The zero-order chi connectivity index (χ0) is 27.5. The fraction of sp³-hybridized carbons (Fsp3) is 0.259. The highest BCUT2D eigenvalue weighted by atomic mass is 35.5. The first-order chi connectivity index (χ1) is 19.4. The Bertz CT molecular complexity index is 1790. The molecule has 2 atom stereocenters. The molecule has 5 N–H and O–H groups in total. The largest absolute Gasteiger partial charge is 0.458 e. The maximum absolute atomic E-state index is 16.5. The first-order valence-corrected chi connectivity index (χ1v) is 13.9. The summed E-state index contributed by atoms with van der Waals surface area (Å²) >= 11 is 7.73. The van der Waals surface area contributed by atoms with Crippen LogP contribution in [-0.4, -0.2) is 45.1 Å². The Morgan fingerprint density at radius 3 is 2.65 bits per heavy atom. The van der Waals surface area contributed by atoms with Crippen LogP contribution < -0.4 is 26.4 Å². The molecule has 9 nitrogen and oxygen atoms in total. The summed E-state index contributed by atoms with van der Waals surface area (Å²) in [6.45, 7) is 1.46. The van der Waals surface area contributed by atoms with E-state index in [4.69, 9.17) is 32.8 Å². The van der Waals surface area contributed by atoms with Crippen LogP contribution in [0.25, 0.3) is 32.2 Å². The summed E-state index contributed by atoms with van der Waals surface area (Å²) in [6.07, 6.45) is 3.71. The van der Waals surface area contributed by atoms with E-state index in [0.717, 1.165) is 24.2 Å². The SMILES string of the molecule is Nc1nc2c(-c3c(Cl)cc4c(N5CC6CCC(C5)N6)nc(OCc5cccnc5N)nc4c3F)ccc(F)c2s1. The van der Waals surface area contributed by atoms with Gasteiger partial charge in [-0.05, 0) is 37.1 Å². The van der Waals surface area contributed by atoms with Gasteiger partial charge in [-0.15, -0.1) is 0 Å². The van der Waals surface area contributed by atoms with Crippen LogP contribution in [0.1, 0.15) is 18.4 Å². The van der Waals surface area contributed by atoms with Gasteiger partial charge in [-0.1, -0.05) is 29.0 Å². The van der Waals surface area contributed by atoms with Gasteiger partial charge in [0.15, 0.2) is 10.9 Å². The Kier molecular flexibility index (Phi) is 6.06. The Labute approximate surface area is 236 Å². The number of fused-ring (bicyclic) bond motifs is 4. The monoisotopic (exact) mass is 580 g/mol. The van der Waals surface area contributed by atoms with Crippen molar-refractivity contribution >= 4 is 60.8 Å². The zero-order valence-electron chi connectivity index (χ0n) is 21.0. The number of nitrogens with two attached hydrogens (primary N) is 2. The van der Waals surface area contributed by atoms with Crippen molar-refractivity contribution in [3.63, 3.8) is 0 Å². The average molecular weight is 581 g/mol. The van der Waals surface area contributed by atoms with Crippen molar-refractivity contribution < 1.29 is 13.5 Å².